The molecule has 2 aliphatic carbocycles. The van der Waals surface area contributed by atoms with Crippen molar-refractivity contribution in [1.82, 2.24) is 0 Å². The van der Waals surface area contributed by atoms with E-state index in [1.807, 2.05) is 13.8 Å². The second kappa shape index (κ2) is 10.5. The Morgan fingerprint density at radius 1 is 0.750 bits per heavy atom. The molecule has 0 N–H and O–H groups in total. The molecule has 0 heterocycles. The van der Waals surface area contributed by atoms with Crippen LogP contribution < -0.4 is 0 Å². The van der Waals surface area contributed by atoms with Gasteiger partial charge in [-0.05, 0) is 0 Å². The molecule has 134 valence electrons. The molecule has 0 aliphatic heterocycles. The summed E-state index contributed by atoms with van der Waals surface area (Å²) in [7, 11) is 0. The standard InChI is InChI=1S/C18H26O4Se2/c1-3-13-15(19)5-7-17(13)21-9-11-23-24-12-10-22-18-8-6-16(20)14(18)4-2/h3-12H2,1-2H3. The van der Waals surface area contributed by atoms with Gasteiger partial charge < -0.3 is 0 Å². The van der Waals surface area contributed by atoms with E-state index in [1.54, 1.807) is 0 Å². The third kappa shape index (κ3) is 5.49. The molecule has 0 spiro atoms. The van der Waals surface area contributed by atoms with Gasteiger partial charge in [-0.3, -0.25) is 0 Å². The van der Waals surface area contributed by atoms with Gasteiger partial charge in [-0.2, -0.15) is 0 Å². The number of hydrogen-bond acceptors (Lipinski definition) is 4. The first-order valence-electron chi connectivity index (χ1n) is 8.67. The molecule has 0 aromatic heterocycles. The second-order valence-corrected chi connectivity index (χ2v) is 13.5. The quantitative estimate of drug-likeness (QED) is 0.348. The SMILES string of the molecule is CCC1=C(OCC[Se][Se]CCOC2=C(CC)C(=O)CC2)CCC1=O. The monoisotopic (exact) mass is 466 g/mol. The predicted octanol–water partition coefficient (Wildman–Crippen LogP) is 3.23. The van der Waals surface area contributed by atoms with Crippen molar-refractivity contribution in [3.8, 4) is 0 Å². The third-order valence-electron chi connectivity index (χ3n) is 4.18. The van der Waals surface area contributed by atoms with E-state index in [1.165, 1.54) is 0 Å². The van der Waals surface area contributed by atoms with Crippen molar-refractivity contribution in [2.24, 2.45) is 0 Å². The molecule has 6 heteroatoms. The van der Waals surface area contributed by atoms with Crippen molar-refractivity contribution in [2.45, 2.75) is 63.0 Å². The molecule has 0 atom stereocenters. The Kier molecular flexibility index (Phi) is 8.61. The Bertz CT molecular complexity index is 489. The van der Waals surface area contributed by atoms with Gasteiger partial charge in [-0.15, -0.1) is 0 Å². The zero-order chi connectivity index (χ0) is 17.4. The average Bonchev–Trinajstić information content (AvgIpc) is 3.12. The first kappa shape index (κ1) is 19.8. The summed E-state index contributed by atoms with van der Waals surface area (Å²) in [4.78, 5) is 23.3. The Labute approximate surface area is 155 Å². The predicted molar refractivity (Wildman–Crippen MR) is 96.1 cm³/mol. The van der Waals surface area contributed by atoms with E-state index in [0.29, 0.717) is 39.1 Å². The molecule has 0 aromatic rings. The van der Waals surface area contributed by atoms with Crippen LogP contribution in [0.3, 0.4) is 0 Å². The number of ether oxygens (including phenoxy) is 2. The Balaban J connectivity index is 1.53. The summed E-state index contributed by atoms with van der Waals surface area (Å²) in [6, 6.07) is 0. The molecule has 0 fully saturated rings. The van der Waals surface area contributed by atoms with Gasteiger partial charge in [-0.1, -0.05) is 0 Å². The molecule has 2 aliphatic rings. The maximum absolute atomic E-state index is 11.6. The Morgan fingerprint density at radius 2 is 1.17 bits per heavy atom. The number of allylic oxidation sites excluding steroid dienone is 4. The van der Waals surface area contributed by atoms with E-state index in [0.717, 1.165) is 72.2 Å². The number of hydrogen-bond donors (Lipinski definition) is 0. The van der Waals surface area contributed by atoms with Crippen LogP contribution in [0.25, 0.3) is 0 Å². The molecule has 4 nitrogen and oxygen atoms in total. The zero-order valence-electron chi connectivity index (χ0n) is 14.5. The Morgan fingerprint density at radius 3 is 1.54 bits per heavy atom. The fraction of sp³-hybridized carbons (Fsp3) is 0.667. The number of Topliss-reactive ketones (excluding diaryl/α,β-unsaturated/α-hetero) is 2. The third-order valence-corrected chi connectivity index (χ3v) is 11.4. The van der Waals surface area contributed by atoms with Gasteiger partial charge >= 0.3 is 156 Å². The van der Waals surface area contributed by atoms with Gasteiger partial charge in [0.2, 0.25) is 0 Å². The summed E-state index contributed by atoms with van der Waals surface area (Å²) in [6.45, 7) is 5.53. The fourth-order valence-corrected chi connectivity index (χ4v) is 8.17. The molecule has 0 saturated heterocycles. The molecular weight excluding hydrogens is 438 g/mol. The van der Waals surface area contributed by atoms with E-state index < -0.39 is 0 Å². The minimum absolute atomic E-state index is 0.269. The van der Waals surface area contributed by atoms with E-state index in [9.17, 15) is 9.59 Å². The average molecular weight is 464 g/mol. The van der Waals surface area contributed by atoms with Crippen LogP contribution in [0, 0.1) is 0 Å². The molecule has 0 bridgehead atoms. The van der Waals surface area contributed by atoms with Crippen LogP contribution >= 0.6 is 0 Å². The van der Waals surface area contributed by atoms with E-state index in [-0.39, 0.29) is 11.6 Å². The molecule has 0 aromatic carbocycles. The molecule has 0 amide bonds. The van der Waals surface area contributed by atoms with Gasteiger partial charge in [0.15, 0.2) is 0 Å². The number of rotatable bonds is 11. The normalized spacial score (nSPS) is 18.1. The summed E-state index contributed by atoms with van der Waals surface area (Å²) in [5, 5.41) is 2.20. The summed E-state index contributed by atoms with van der Waals surface area (Å²) < 4.78 is 11.6. The van der Waals surface area contributed by atoms with Crippen molar-refractivity contribution in [1.29, 1.82) is 0 Å². The first-order chi connectivity index (χ1) is 11.7. The van der Waals surface area contributed by atoms with Gasteiger partial charge in [0.1, 0.15) is 0 Å². The van der Waals surface area contributed by atoms with Crippen LogP contribution in [0.5, 0.6) is 0 Å². The molecule has 0 radical (unpaired) electrons. The van der Waals surface area contributed by atoms with Crippen molar-refractivity contribution < 1.29 is 19.1 Å². The van der Waals surface area contributed by atoms with Crippen LogP contribution in [0.2, 0.25) is 10.6 Å². The topological polar surface area (TPSA) is 52.6 Å². The van der Waals surface area contributed by atoms with Gasteiger partial charge in [0.05, 0.1) is 0 Å². The van der Waals surface area contributed by atoms with E-state index in [2.05, 4.69) is 0 Å². The van der Waals surface area contributed by atoms with E-state index >= 15 is 0 Å². The van der Waals surface area contributed by atoms with Gasteiger partial charge in [-0.25, -0.2) is 0 Å². The summed E-state index contributed by atoms with van der Waals surface area (Å²) in [5.41, 5.74) is 1.82. The number of carbonyl (C=O) groups is 2. The second-order valence-electron chi connectivity index (χ2n) is 5.70. The minimum atomic E-state index is 0.269. The number of carbonyl (C=O) groups excluding carboxylic acids is 2. The van der Waals surface area contributed by atoms with Crippen molar-refractivity contribution in [2.75, 3.05) is 13.2 Å². The van der Waals surface area contributed by atoms with Gasteiger partial charge in [0, 0.05) is 0 Å². The van der Waals surface area contributed by atoms with Crippen LogP contribution in [-0.2, 0) is 19.1 Å². The van der Waals surface area contributed by atoms with Gasteiger partial charge in [0.25, 0.3) is 0 Å². The Hall–Kier alpha value is -0.541. The molecule has 0 saturated carbocycles. The van der Waals surface area contributed by atoms with Crippen molar-refractivity contribution in [3.63, 3.8) is 0 Å². The molecule has 2 rings (SSSR count). The van der Waals surface area contributed by atoms with Crippen LogP contribution in [-0.4, -0.2) is 51.0 Å². The van der Waals surface area contributed by atoms with E-state index in [4.69, 9.17) is 9.47 Å². The molecule has 0 unspecified atom stereocenters. The first-order valence-corrected chi connectivity index (χ1v) is 15.4. The van der Waals surface area contributed by atoms with Crippen LogP contribution in [0.15, 0.2) is 22.7 Å². The molecule has 24 heavy (non-hydrogen) atoms. The maximum atomic E-state index is 11.6. The summed E-state index contributed by atoms with van der Waals surface area (Å²) >= 11 is 1.22. The fourth-order valence-electron chi connectivity index (χ4n) is 2.99. The van der Waals surface area contributed by atoms with Crippen molar-refractivity contribution in [3.05, 3.63) is 22.7 Å². The number of ketones is 2. The van der Waals surface area contributed by atoms with Crippen molar-refractivity contribution >= 4 is 37.8 Å². The summed E-state index contributed by atoms with van der Waals surface area (Å²) in [5.74, 6) is 2.43. The zero-order valence-corrected chi connectivity index (χ0v) is 17.9. The van der Waals surface area contributed by atoms with Crippen LogP contribution in [0.1, 0.15) is 52.4 Å². The summed E-state index contributed by atoms with van der Waals surface area (Å²) in [6.07, 6.45) is 4.42. The molecular formula is C18H26O4Se2. The van der Waals surface area contributed by atoms with Crippen LogP contribution in [0.4, 0.5) is 0 Å².